The molecule has 0 bridgehead atoms. The molecule has 3 nitrogen and oxygen atoms in total. The number of aryl methyl sites for hydroxylation is 2. The van der Waals surface area contributed by atoms with E-state index in [1.165, 1.54) is 16.7 Å². The van der Waals surface area contributed by atoms with Gasteiger partial charge in [0.1, 0.15) is 0 Å². The molecule has 18 heavy (non-hydrogen) atoms. The van der Waals surface area contributed by atoms with E-state index in [0.717, 1.165) is 19.6 Å². The number of hydrogen-bond acceptors (Lipinski definition) is 3. The molecule has 98 valence electrons. The number of rotatable bonds is 7. The van der Waals surface area contributed by atoms with E-state index in [1.54, 1.807) is 7.11 Å². The van der Waals surface area contributed by atoms with Crippen LogP contribution in [0.4, 0.5) is 0 Å². The summed E-state index contributed by atoms with van der Waals surface area (Å²) < 4.78 is 5.12. The van der Waals surface area contributed by atoms with Crippen LogP contribution in [-0.2, 0) is 11.3 Å². The molecule has 0 amide bonds. The molecule has 0 unspecified atom stereocenters. The maximum atomic E-state index is 8.70. The van der Waals surface area contributed by atoms with Crippen LogP contribution < -0.4 is 0 Å². The molecule has 1 aromatic rings. The molecule has 0 saturated heterocycles. The van der Waals surface area contributed by atoms with Crippen molar-refractivity contribution in [2.24, 2.45) is 0 Å². The fraction of sp³-hybridized carbons (Fsp3) is 0.533. The molecule has 0 N–H and O–H groups in total. The van der Waals surface area contributed by atoms with E-state index in [9.17, 15) is 0 Å². The van der Waals surface area contributed by atoms with Crippen molar-refractivity contribution in [1.82, 2.24) is 4.90 Å². The molecule has 0 spiro atoms. The number of nitriles is 1. The first-order valence-corrected chi connectivity index (χ1v) is 6.31. The first-order chi connectivity index (χ1) is 8.67. The summed E-state index contributed by atoms with van der Waals surface area (Å²) in [5.74, 6) is 0. The average Bonchev–Trinajstić information content (AvgIpc) is 2.37. The maximum absolute atomic E-state index is 8.70. The van der Waals surface area contributed by atoms with Gasteiger partial charge in [0, 0.05) is 33.2 Å². The number of ether oxygens (including phenoxy) is 1. The average molecular weight is 246 g/mol. The van der Waals surface area contributed by atoms with Crippen LogP contribution in [-0.4, -0.2) is 31.7 Å². The molecule has 0 radical (unpaired) electrons. The fourth-order valence-corrected chi connectivity index (χ4v) is 1.91. The molecule has 1 rings (SSSR count). The Morgan fingerprint density at radius 3 is 2.72 bits per heavy atom. The van der Waals surface area contributed by atoms with Crippen LogP contribution >= 0.6 is 0 Å². The second-order valence-electron chi connectivity index (χ2n) is 4.61. The van der Waals surface area contributed by atoms with Crippen LogP contribution in [0.15, 0.2) is 18.2 Å². The molecule has 0 saturated carbocycles. The summed E-state index contributed by atoms with van der Waals surface area (Å²) in [6.07, 6.45) is 0.564. The number of methoxy groups -OCH3 is 1. The molecule has 3 heteroatoms. The summed E-state index contributed by atoms with van der Waals surface area (Å²) >= 11 is 0. The van der Waals surface area contributed by atoms with Crippen molar-refractivity contribution in [3.63, 3.8) is 0 Å². The van der Waals surface area contributed by atoms with Crippen LogP contribution in [0.1, 0.15) is 23.1 Å². The monoisotopic (exact) mass is 246 g/mol. The molecule has 0 aromatic heterocycles. The van der Waals surface area contributed by atoms with Crippen molar-refractivity contribution in [1.29, 1.82) is 5.26 Å². The van der Waals surface area contributed by atoms with Gasteiger partial charge in [-0.25, -0.2) is 0 Å². The van der Waals surface area contributed by atoms with Crippen molar-refractivity contribution < 1.29 is 4.74 Å². The second kappa shape index (κ2) is 7.86. The molecule has 0 aliphatic rings. The smallest absolute Gasteiger partial charge is 0.0635 e. The Morgan fingerprint density at radius 1 is 1.28 bits per heavy atom. The van der Waals surface area contributed by atoms with Gasteiger partial charge in [0.05, 0.1) is 12.7 Å². The van der Waals surface area contributed by atoms with Gasteiger partial charge in [-0.2, -0.15) is 5.26 Å². The Morgan fingerprint density at radius 2 is 2.06 bits per heavy atom. The second-order valence-corrected chi connectivity index (χ2v) is 4.61. The fourth-order valence-electron chi connectivity index (χ4n) is 1.91. The summed E-state index contributed by atoms with van der Waals surface area (Å²) in [7, 11) is 1.71. The highest BCUT2D eigenvalue weighted by Crippen LogP contribution is 2.13. The Bertz CT molecular complexity index is 409. The Hall–Kier alpha value is -1.37. The first kappa shape index (κ1) is 14.7. The van der Waals surface area contributed by atoms with Gasteiger partial charge < -0.3 is 4.74 Å². The lowest BCUT2D eigenvalue weighted by atomic mass is 10.1. The summed E-state index contributed by atoms with van der Waals surface area (Å²) in [5.41, 5.74) is 3.92. The van der Waals surface area contributed by atoms with Crippen LogP contribution in [0.25, 0.3) is 0 Å². The summed E-state index contributed by atoms with van der Waals surface area (Å²) in [5, 5.41) is 8.70. The van der Waals surface area contributed by atoms with Crippen LogP contribution in [0.2, 0.25) is 0 Å². The van der Waals surface area contributed by atoms with Gasteiger partial charge in [0.15, 0.2) is 0 Å². The molecule has 0 fully saturated rings. The zero-order chi connectivity index (χ0) is 13.4. The van der Waals surface area contributed by atoms with E-state index in [2.05, 4.69) is 43.0 Å². The van der Waals surface area contributed by atoms with Crippen LogP contribution in [0, 0.1) is 25.2 Å². The molecule has 0 heterocycles. The van der Waals surface area contributed by atoms with Gasteiger partial charge in [-0.3, -0.25) is 4.90 Å². The minimum Gasteiger partial charge on any atom is -0.383 e. The van der Waals surface area contributed by atoms with Gasteiger partial charge in [0.2, 0.25) is 0 Å². The predicted octanol–water partition coefficient (Wildman–Crippen LogP) is 2.67. The van der Waals surface area contributed by atoms with Crippen LogP contribution in [0.5, 0.6) is 0 Å². The highest BCUT2D eigenvalue weighted by molar-refractivity contribution is 5.30. The normalized spacial score (nSPS) is 10.6. The lowest BCUT2D eigenvalue weighted by Gasteiger charge is -2.22. The summed E-state index contributed by atoms with van der Waals surface area (Å²) in [4.78, 5) is 2.27. The predicted molar refractivity (Wildman–Crippen MR) is 73.3 cm³/mol. The third-order valence-electron chi connectivity index (χ3n) is 3.05. The molecule has 0 aliphatic heterocycles. The van der Waals surface area contributed by atoms with Crippen molar-refractivity contribution >= 4 is 0 Å². The van der Waals surface area contributed by atoms with Gasteiger partial charge in [-0.15, -0.1) is 0 Å². The number of nitrogens with zero attached hydrogens (tertiary/aromatic N) is 2. The van der Waals surface area contributed by atoms with E-state index < -0.39 is 0 Å². The molecule has 1 aromatic carbocycles. The first-order valence-electron chi connectivity index (χ1n) is 6.31. The highest BCUT2D eigenvalue weighted by Gasteiger charge is 2.07. The Balaban J connectivity index is 2.68. The Labute approximate surface area is 110 Å². The van der Waals surface area contributed by atoms with Crippen LogP contribution in [0.3, 0.4) is 0 Å². The summed E-state index contributed by atoms with van der Waals surface area (Å²) in [6, 6.07) is 8.72. The standard InChI is InChI=1S/C15H22N2O/c1-13-5-6-14(2)15(11-13)12-17(8-4-7-16)9-10-18-3/h5-6,11H,4,8-10,12H2,1-3H3. The zero-order valence-electron chi connectivity index (χ0n) is 11.6. The number of hydrogen-bond donors (Lipinski definition) is 0. The zero-order valence-corrected chi connectivity index (χ0v) is 11.6. The third kappa shape index (κ3) is 4.87. The highest BCUT2D eigenvalue weighted by atomic mass is 16.5. The number of benzene rings is 1. The molecular formula is C15H22N2O. The lowest BCUT2D eigenvalue weighted by Crippen LogP contribution is -2.28. The summed E-state index contributed by atoms with van der Waals surface area (Å²) in [6.45, 7) is 7.50. The van der Waals surface area contributed by atoms with Crippen molar-refractivity contribution in [2.45, 2.75) is 26.8 Å². The van der Waals surface area contributed by atoms with Gasteiger partial charge in [-0.05, 0) is 25.0 Å². The SMILES string of the molecule is COCCN(CCC#N)Cc1cc(C)ccc1C. The molecule has 0 atom stereocenters. The largest absolute Gasteiger partial charge is 0.383 e. The van der Waals surface area contributed by atoms with Crippen molar-refractivity contribution in [3.05, 3.63) is 34.9 Å². The van der Waals surface area contributed by atoms with Gasteiger partial charge >= 0.3 is 0 Å². The van der Waals surface area contributed by atoms with Gasteiger partial charge in [-0.1, -0.05) is 23.8 Å². The lowest BCUT2D eigenvalue weighted by molar-refractivity contribution is 0.145. The Kier molecular flexibility index (Phi) is 6.42. The molecule has 0 aliphatic carbocycles. The third-order valence-corrected chi connectivity index (χ3v) is 3.05. The van der Waals surface area contributed by atoms with Crippen molar-refractivity contribution in [2.75, 3.05) is 26.8 Å². The van der Waals surface area contributed by atoms with E-state index in [4.69, 9.17) is 10.00 Å². The molecular weight excluding hydrogens is 224 g/mol. The van der Waals surface area contributed by atoms with E-state index >= 15 is 0 Å². The minimum atomic E-state index is 0.564. The van der Waals surface area contributed by atoms with Gasteiger partial charge in [0.25, 0.3) is 0 Å². The van der Waals surface area contributed by atoms with E-state index in [-0.39, 0.29) is 0 Å². The van der Waals surface area contributed by atoms with E-state index in [1.807, 2.05) is 0 Å². The van der Waals surface area contributed by atoms with E-state index in [0.29, 0.717) is 13.0 Å². The minimum absolute atomic E-state index is 0.564. The van der Waals surface area contributed by atoms with Crippen molar-refractivity contribution in [3.8, 4) is 6.07 Å². The topological polar surface area (TPSA) is 36.3 Å². The quantitative estimate of drug-likeness (QED) is 0.742. The maximum Gasteiger partial charge on any atom is 0.0635 e.